The van der Waals surface area contributed by atoms with Crippen LogP contribution in [0, 0.1) is 0 Å². The third-order valence-corrected chi connectivity index (χ3v) is 2.19. The molecule has 0 aliphatic rings. The van der Waals surface area contributed by atoms with Crippen molar-refractivity contribution in [2.24, 2.45) is 7.05 Å². The van der Waals surface area contributed by atoms with E-state index in [9.17, 15) is 5.11 Å². The maximum Gasteiger partial charge on any atom is 0.0952 e. The Morgan fingerprint density at radius 2 is 2.08 bits per heavy atom. The second-order valence-electron chi connectivity index (χ2n) is 3.16. The fourth-order valence-electron chi connectivity index (χ4n) is 1.53. The van der Waals surface area contributed by atoms with Gasteiger partial charge in [0.2, 0.25) is 0 Å². The highest BCUT2D eigenvalue weighted by Gasteiger charge is 2.05. The third-order valence-electron chi connectivity index (χ3n) is 2.19. The minimum absolute atomic E-state index is 0.598. The minimum Gasteiger partial charge on any atom is -0.847 e. The lowest BCUT2D eigenvalue weighted by Gasteiger charge is -2.14. The van der Waals surface area contributed by atoms with Gasteiger partial charge in [-0.15, -0.1) is 0 Å². The van der Waals surface area contributed by atoms with Gasteiger partial charge in [0.1, 0.15) is 0 Å². The molecule has 0 bridgehead atoms. The van der Waals surface area contributed by atoms with Crippen LogP contribution in [0.3, 0.4) is 0 Å². The zero-order chi connectivity index (χ0) is 9.42. The van der Waals surface area contributed by atoms with Crippen molar-refractivity contribution in [1.29, 1.82) is 0 Å². The Morgan fingerprint density at radius 1 is 1.38 bits per heavy atom. The average molecular weight is 175 g/mol. The molecule has 0 saturated carbocycles. The van der Waals surface area contributed by atoms with E-state index in [0.29, 0.717) is 5.82 Å². The van der Waals surface area contributed by atoms with E-state index in [4.69, 9.17) is 0 Å². The Morgan fingerprint density at radius 3 is 2.69 bits per heavy atom. The van der Waals surface area contributed by atoms with E-state index >= 15 is 0 Å². The van der Waals surface area contributed by atoms with Crippen LogP contribution < -0.4 is 5.11 Å². The lowest BCUT2D eigenvalue weighted by atomic mass is 10.3. The van der Waals surface area contributed by atoms with Crippen LogP contribution in [0.15, 0.2) is 24.3 Å². The monoisotopic (exact) mass is 175 g/mol. The quantitative estimate of drug-likeness (QED) is 0.648. The van der Waals surface area contributed by atoms with Crippen molar-refractivity contribution >= 4 is 11.0 Å². The Hall–Kier alpha value is -1.35. The molecule has 0 aliphatic heterocycles. The predicted octanol–water partition coefficient (Wildman–Crippen LogP) is 0.995. The van der Waals surface area contributed by atoms with E-state index in [1.54, 1.807) is 6.92 Å². The van der Waals surface area contributed by atoms with Crippen molar-refractivity contribution < 1.29 is 5.11 Å². The van der Waals surface area contributed by atoms with Crippen LogP contribution in [-0.4, -0.2) is 9.55 Å². The molecule has 1 aromatic carbocycles. The highest BCUT2D eigenvalue weighted by molar-refractivity contribution is 5.75. The highest BCUT2D eigenvalue weighted by Crippen LogP contribution is 2.17. The maximum absolute atomic E-state index is 11.2. The fraction of sp³-hybridized carbons (Fsp3) is 0.300. The maximum atomic E-state index is 11.2. The Kier molecular flexibility index (Phi) is 1.81. The lowest BCUT2D eigenvalue weighted by molar-refractivity contribution is -0.422. The van der Waals surface area contributed by atoms with Crippen molar-refractivity contribution in [3.05, 3.63) is 30.1 Å². The largest absolute Gasteiger partial charge is 0.847 e. The van der Waals surface area contributed by atoms with Crippen LogP contribution in [0.5, 0.6) is 0 Å². The SMILES string of the molecule is CC([O-])c1nc2ccccc2n1C. The summed E-state index contributed by atoms with van der Waals surface area (Å²) < 4.78 is 1.85. The smallest absolute Gasteiger partial charge is 0.0952 e. The summed E-state index contributed by atoms with van der Waals surface area (Å²) >= 11 is 0. The normalized spacial score (nSPS) is 13.5. The predicted molar refractivity (Wildman–Crippen MR) is 49.1 cm³/mol. The number of para-hydroxylation sites is 2. The van der Waals surface area contributed by atoms with Crippen molar-refractivity contribution in [2.45, 2.75) is 13.0 Å². The van der Waals surface area contributed by atoms with Crippen LogP contribution in [0.2, 0.25) is 0 Å². The summed E-state index contributed by atoms with van der Waals surface area (Å²) in [6.07, 6.45) is -0.766. The standard InChI is InChI=1S/C10H11N2O/c1-7(13)10-11-8-5-3-4-6-9(8)12(10)2/h3-7H,1-2H3/q-1. The van der Waals surface area contributed by atoms with E-state index in [1.165, 1.54) is 0 Å². The molecule has 2 aromatic rings. The first-order valence-corrected chi connectivity index (χ1v) is 4.27. The molecule has 13 heavy (non-hydrogen) atoms. The van der Waals surface area contributed by atoms with Gasteiger partial charge in [0.15, 0.2) is 0 Å². The van der Waals surface area contributed by atoms with E-state index in [2.05, 4.69) is 4.98 Å². The van der Waals surface area contributed by atoms with Gasteiger partial charge in [-0.25, -0.2) is 4.98 Å². The molecule has 1 aromatic heterocycles. The number of aryl methyl sites for hydroxylation is 1. The van der Waals surface area contributed by atoms with E-state index in [-0.39, 0.29) is 0 Å². The van der Waals surface area contributed by atoms with E-state index in [0.717, 1.165) is 11.0 Å². The van der Waals surface area contributed by atoms with Crippen LogP contribution in [0.25, 0.3) is 11.0 Å². The first kappa shape index (κ1) is 8.26. The molecule has 68 valence electrons. The van der Waals surface area contributed by atoms with Crippen LogP contribution >= 0.6 is 0 Å². The first-order valence-electron chi connectivity index (χ1n) is 4.27. The molecule has 1 unspecified atom stereocenters. The molecule has 0 spiro atoms. The number of hydrogen-bond donors (Lipinski definition) is 0. The summed E-state index contributed by atoms with van der Waals surface area (Å²) in [5.41, 5.74) is 1.91. The number of fused-ring (bicyclic) bond motifs is 1. The molecule has 2 rings (SSSR count). The Bertz CT molecular complexity index is 431. The first-order chi connectivity index (χ1) is 6.20. The third kappa shape index (κ3) is 1.21. The van der Waals surface area contributed by atoms with Crippen LogP contribution in [0.1, 0.15) is 18.9 Å². The molecule has 1 heterocycles. The number of benzene rings is 1. The highest BCUT2D eigenvalue weighted by atomic mass is 16.3. The Labute approximate surface area is 76.6 Å². The second-order valence-corrected chi connectivity index (χ2v) is 3.16. The summed E-state index contributed by atoms with van der Waals surface area (Å²) in [7, 11) is 1.87. The van der Waals surface area contributed by atoms with Crippen LogP contribution in [0.4, 0.5) is 0 Å². The van der Waals surface area contributed by atoms with Gasteiger partial charge in [-0.1, -0.05) is 25.2 Å². The molecule has 0 saturated heterocycles. The van der Waals surface area contributed by atoms with Gasteiger partial charge in [-0.3, -0.25) is 0 Å². The summed E-state index contributed by atoms with van der Waals surface area (Å²) in [5, 5.41) is 11.2. The summed E-state index contributed by atoms with van der Waals surface area (Å²) in [5.74, 6) is 0.598. The van der Waals surface area contributed by atoms with Gasteiger partial charge in [0.05, 0.1) is 16.9 Å². The van der Waals surface area contributed by atoms with Gasteiger partial charge >= 0.3 is 0 Å². The van der Waals surface area contributed by atoms with Gasteiger partial charge in [0.25, 0.3) is 0 Å². The molecular weight excluding hydrogens is 164 g/mol. The molecule has 1 atom stereocenters. The van der Waals surface area contributed by atoms with Gasteiger partial charge in [0, 0.05) is 7.05 Å². The molecule has 0 radical (unpaired) electrons. The lowest BCUT2D eigenvalue weighted by Crippen LogP contribution is -2.15. The van der Waals surface area contributed by atoms with Crippen molar-refractivity contribution in [3.8, 4) is 0 Å². The van der Waals surface area contributed by atoms with Gasteiger partial charge < -0.3 is 9.67 Å². The molecule has 0 fully saturated rings. The number of aromatic nitrogens is 2. The zero-order valence-corrected chi connectivity index (χ0v) is 7.69. The molecule has 0 N–H and O–H groups in total. The summed E-state index contributed by atoms with van der Waals surface area (Å²) in [4.78, 5) is 4.26. The molecule has 3 nitrogen and oxygen atoms in total. The zero-order valence-electron chi connectivity index (χ0n) is 7.69. The fourth-order valence-corrected chi connectivity index (χ4v) is 1.53. The minimum atomic E-state index is -0.766. The van der Waals surface area contributed by atoms with Gasteiger partial charge in [-0.2, -0.15) is 0 Å². The van der Waals surface area contributed by atoms with Crippen LogP contribution in [-0.2, 0) is 7.05 Å². The number of hydrogen-bond acceptors (Lipinski definition) is 2. The number of nitrogens with zero attached hydrogens (tertiary/aromatic N) is 2. The van der Waals surface area contributed by atoms with Crippen molar-refractivity contribution in [1.82, 2.24) is 9.55 Å². The second kappa shape index (κ2) is 2.85. The average Bonchev–Trinajstić information content (AvgIpc) is 2.45. The van der Waals surface area contributed by atoms with E-state index < -0.39 is 6.10 Å². The summed E-state index contributed by atoms with van der Waals surface area (Å²) in [6, 6.07) is 7.76. The Balaban J connectivity index is 2.74. The molecule has 0 aliphatic carbocycles. The van der Waals surface area contributed by atoms with Crippen molar-refractivity contribution in [2.75, 3.05) is 0 Å². The summed E-state index contributed by atoms with van der Waals surface area (Å²) in [6.45, 7) is 1.61. The topological polar surface area (TPSA) is 40.9 Å². The molecule has 3 heteroatoms. The molecule has 0 amide bonds. The number of rotatable bonds is 1. The number of imidazole rings is 1. The van der Waals surface area contributed by atoms with E-state index in [1.807, 2.05) is 35.9 Å². The van der Waals surface area contributed by atoms with Gasteiger partial charge in [-0.05, 0) is 12.1 Å². The van der Waals surface area contributed by atoms with Crippen molar-refractivity contribution in [3.63, 3.8) is 0 Å². The molecular formula is C10H11N2O-.